The number of aryl methyl sites for hydroxylation is 1. The zero-order chi connectivity index (χ0) is 24.5. The summed E-state index contributed by atoms with van der Waals surface area (Å²) in [6.07, 6.45) is 0.688. The van der Waals surface area contributed by atoms with E-state index < -0.39 is 0 Å². The number of nitrogens with zero attached hydrogens (tertiary/aromatic N) is 3. The molecule has 0 spiro atoms. The molecule has 180 valence electrons. The third-order valence-corrected chi connectivity index (χ3v) is 6.05. The molecular formula is C25H30N4O4S. The van der Waals surface area contributed by atoms with Gasteiger partial charge in [-0.25, -0.2) is 4.79 Å². The minimum Gasteiger partial charge on any atom is -0.483 e. The number of carbonyl (C=O) groups excluding carboxylic acids is 2. The fraction of sp³-hybridized carbons (Fsp3) is 0.360. The molecular weight excluding hydrogens is 452 g/mol. The van der Waals surface area contributed by atoms with Crippen LogP contribution in [0.15, 0.2) is 53.7 Å². The van der Waals surface area contributed by atoms with Crippen LogP contribution in [0.1, 0.15) is 55.5 Å². The highest BCUT2D eigenvalue weighted by Crippen LogP contribution is 2.25. The Bertz CT molecular complexity index is 1100. The Balaban J connectivity index is 1.57. The van der Waals surface area contributed by atoms with E-state index in [9.17, 15) is 9.59 Å². The number of nitrogens with one attached hydrogen (secondary N) is 1. The summed E-state index contributed by atoms with van der Waals surface area (Å²) in [5, 5.41) is 12.1. The fourth-order valence-electron chi connectivity index (χ4n) is 3.30. The number of aromatic nitrogens is 3. The second-order valence-corrected chi connectivity index (χ2v) is 8.42. The van der Waals surface area contributed by atoms with E-state index in [1.807, 2.05) is 30.5 Å². The van der Waals surface area contributed by atoms with E-state index >= 15 is 0 Å². The van der Waals surface area contributed by atoms with Crippen LogP contribution in [0.2, 0.25) is 0 Å². The summed E-state index contributed by atoms with van der Waals surface area (Å²) in [5.74, 6) is 1.09. The molecule has 0 aliphatic rings. The summed E-state index contributed by atoms with van der Waals surface area (Å²) < 4.78 is 13.0. The number of anilines is 1. The van der Waals surface area contributed by atoms with Gasteiger partial charge in [-0.05, 0) is 69.2 Å². The van der Waals surface area contributed by atoms with Gasteiger partial charge in [0, 0.05) is 12.2 Å². The van der Waals surface area contributed by atoms with Gasteiger partial charge in [0.15, 0.2) is 17.1 Å². The highest BCUT2D eigenvalue weighted by molar-refractivity contribution is 7.99. The number of amides is 1. The van der Waals surface area contributed by atoms with Crippen molar-refractivity contribution in [2.75, 3.05) is 17.7 Å². The van der Waals surface area contributed by atoms with Crippen molar-refractivity contribution >= 4 is 29.3 Å². The molecule has 1 aromatic heterocycles. The van der Waals surface area contributed by atoms with Gasteiger partial charge in [-0.1, -0.05) is 30.8 Å². The van der Waals surface area contributed by atoms with Gasteiger partial charge in [-0.15, -0.1) is 10.2 Å². The van der Waals surface area contributed by atoms with E-state index in [0.717, 1.165) is 12.2 Å². The van der Waals surface area contributed by atoms with Crippen LogP contribution in [-0.4, -0.2) is 39.0 Å². The fourth-order valence-corrected chi connectivity index (χ4v) is 4.11. The first kappa shape index (κ1) is 25.3. The summed E-state index contributed by atoms with van der Waals surface area (Å²) in [7, 11) is 0. The van der Waals surface area contributed by atoms with E-state index in [1.54, 1.807) is 31.2 Å². The molecule has 3 rings (SSSR count). The molecule has 0 saturated heterocycles. The lowest BCUT2D eigenvalue weighted by Crippen LogP contribution is -2.15. The van der Waals surface area contributed by atoms with Crippen molar-refractivity contribution in [2.45, 2.75) is 51.9 Å². The Kier molecular flexibility index (Phi) is 9.09. The third-order valence-electron chi connectivity index (χ3n) is 5.08. The average Bonchev–Trinajstić information content (AvgIpc) is 3.27. The maximum Gasteiger partial charge on any atom is 0.338 e. The molecule has 9 heteroatoms. The van der Waals surface area contributed by atoms with Crippen LogP contribution >= 0.6 is 11.8 Å². The second-order valence-electron chi connectivity index (χ2n) is 7.48. The van der Waals surface area contributed by atoms with Crippen LogP contribution in [0, 0.1) is 0 Å². The molecule has 0 aliphatic carbocycles. The van der Waals surface area contributed by atoms with Crippen molar-refractivity contribution < 1.29 is 19.1 Å². The lowest BCUT2D eigenvalue weighted by Gasteiger charge is -2.16. The number of carbonyl (C=O) groups is 2. The van der Waals surface area contributed by atoms with E-state index in [0.29, 0.717) is 35.4 Å². The minimum atomic E-state index is -0.387. The lowest BCUT2D eigenvalue weighted by atomic mass is 10.2. The maximum atomic E-state index is 12.4. The number of hydrogen-bond acceptors (Lipinski definition) is 7. The number of benzene rings is 2. The second kappa shape index (κ2) is 12.2. The average molecular weight is 483 g/mol. The molecule has 8 nitrogen and oxygen atoms in total. The molecule has 0 saturated carbocycles. The Labute approximate surface area is 204 Å². The molecule has 2 aromatic carbocycles. The van der Waals surface area contributed by atoms with E-state index in [1.165, 1.54) is 17.3 Å². The summed E-state index contributed by atoms with van der Waals surface area (Å²) in [4.78, 5) is 24.2. The summed E-state index contributed by atoms with van der Waals surface area (Å²) in [6.45, 7) is 8.78. The Morgan fingerprint density at radius 1 is 1.03 bits per heavy atom. The molecule has 0 fully saturated rings. The predicted molar refractivity (Wildman–Crippen MR) is 132 cm³/mol. The number of rotatable bonds is 11. The quantitative estimate of drug-likeness (QED) is 0.306. The smallest absolute Gasteiger partial charge is 0.338 e. The number of hydrogen-bond donors (Lipinski definition) is 1. The molecule has 1 atom stereocenters. The standard InChI is InChI=1S/C25H30N4O4S/c1-5-18-8-14-21(15-9-18)33-17(4)23-27-28-25(29(23)6-2)34-16-22(30)26-20-12-10-19(11-13-20)24(31)32-7-3/h8-15,17H,5-7,16H2,1-4H3,(H,26,30)/t17-/m1/s1. The van der Waals surface area contributed by atoms with Gasteiger partial charge < -0.3 is 19.4 Å². The van der Waals surface area contributed by atoms with Gasteiger partial charge in [-0.2, -0.15) is 0 Å². The number of thioether (sulfide) groups is 1. The van der Waals surface area contributed by atoms with Crippen LogP contribution in [0.3, 0.4) is 0 Å². The first-order chi connectivity index (χ1) is 16.4. The van der Waals surface area contributed by atoms with Crippen molar-refractivity contribution in [3.05, 3.63) is 65.5 Å². The number of esters is 1. The molecule has 1 heterocycles. The van der Waals surface area contributed by atoms with Gasteiger partial charge in [0.1, 0.15) is 5.75 Å². The monoisotopic (exact) mass is 482 g/mol. The molecule has 3 aromatic rings. The third kappa shape index (κ3) is 6.60. The van der Waals surface area contributed by atoms with Crippen molar-refractivity contribution in [1.82, 2.24) is 14.8 Å². The van der Waals surface area contributed by atoms with E-state index in [-0.39, 0.29) is 23.7 Å². The van der Waals surface area contributed by atoms with Crippen LogP contribution in [0.5, 0.6) is 5.75 Å². The molecule has 34 heavy (non-hydrogen) atoms. The summed E-state index contributed by atoms with van der Waals surface area (Å²) >= 11 is 1.31. The van der Waals surface area contributed by atoms with Crippen LogP contribution in [-0.2, 0) is 22.5 Å². The molecule has 0 radical (unpaired) electrons. The molecule has 0 bridgehead atoms. The van der Waals surface area contributed by atoms with Crippen molar-refractivity contribution in [3.8, 4) is 5.75 Å². The predicted octanol–water partition coefficient (Wildman–Crippen LogP) is 4.91. The first-order valence-corrected chi connectivity index (χ1v) is 12.3. The summed E-state index contributed by atoms with van der Waals surface area (Å²) in [6, 6.07) is 14.6. The van der Waals surface area contributed by atoms with Gasteiger partial charge >= 0.3 is 5.97 Å². The Morgan fingerprint density at radius 2 is 1.74 bits per heavy atom. The molecule has 0 unspecified atom stereocenters. The van der Waals surface area contributed by atoms with Crippen molar-refractivity contribution in [2.24, 2.45) is 0 Å². The van der Waals surface area contributed by atoms with Crippen molar-refractivity contribution in [1.29, 1.82) is 0 Å². The van der Waals surface area contributed by atoms with Crippen LogP contribution in [0.4, 0.5) is 5.69 Å². The van der Waals surface area contributed by atoms with Gasteiger partial charge in [-0.3, -0.25) is 4.79 Å². The Hall–Kier alpha value is -3.33. The lowest BCUT2D eigenvalue weighted by molar-refractivity contribution is -0.113. The highest BCUT2D eigenvalue weighted by Gasteiger charge is 2.19. The molecule has 1 amide bonds. The Morgan fingerprint density at radius 3 is 2.35 bits per heavy atom. The van der Waals surface area contributed by atoms with Gasteiger partial charge in [0.25, 0.3) is 0 Å². The largest absolute Gasteiger partial charge is 0.483 e. The van der Waals surface area contributed by atoms with Gasteiger partial charge in [0.05, 0.1) is 17.9 Å². The molecule has 0 aliphatic heterocycles. The zero-order valence-electron chi connectivity index (χ0n) is 19.9. The molecule has 1 N–H and O–H groups in total. The van der Waals surface area contributed by atoms with E-state index in [2.05, 4.69) is 34.6 Å². The zero-order valence-corrected chi connectivity index (χ0v) is 20.7. The normalized spacial score (nSPS) is 11.6. The van der Waals surface area contributed by atoms with Gasteiger partial charge in [0.2, 0.25) is 5.91 Å². The van der Waals surface area contributed by atoms with Crippen molar-refractivity contribution in [3.63, 3.8) is 0 Å². The maximum absolute atomic E-state index is 12.4. The first-order valence-electron chi connectivity index (χ1n) is 11.3. The van der Waals surface area contributed by atoms with Crippen LogP contribution in [0.25, 0.3) is 0 Å². The minimum absolute atomic E-state index is 0.172. The van der Waals surface area contributed by atoms with Crippen LogP contribution < -0.4 is 10.1 Å². The topological polar surface area (TPSA) is 95.3 Å². The SMILES string of the molecule is CCOC(=O)c1ccc(NC(=O)CSc2nnc([C@@H](C)Oc3ccc(CC)cc3)n2CC)cc1. The highest BCUT2D eigenvalue weighted by atomic mass is 32.2. The summed E-state index contributed by atoms with van der Waals surface area (Å²) in [5.41, 5.74) is 2.30. The van der Waals surface area contributed by atoms with E-state index in [4.69, 9.17) is 9.47 Å². The number of ether oxygens (including phenoxy) is 2.